The number of rotatable bonds is 10. The van der Waals surface area contributed by atoms with Crippen molar-refractivity contribution in [2.75, 3.05) is 13.2 Å². The molecular weight excluding hydrogens is 440 g/mol. The molecule has 0 aliphatic carbocycles. The largest absolute Gasteiger partial charge is 0.507 e. The molecule has 34 heavy (non-hydrogen) atoms. The quantitative estimate of drug-likeness (QED) is 0.378. The van der Waals surface area contributed by atoms with Crippen molar-refractivity contribution in [2.45, 2.75) is 78.1 Å². The van der Waals surface area contributed by atoms with Crippen molar-refractivity contribution in [3.05, 3.63) is 29.3 Å². The molecule has 3 unspecified atom stereocenters. The zero-order valence-corrected chi connectivity index (χ0v) is 20.7. The van der Waals surface area contributed by atoms with Gasteiger partial charge in [0, 0.05) is 11.6 Å². The number of hydrogen-bond donors (Lipinski definition) is 4. The van der Waals surface area contributed by atoms with Crippen LogP contribution in [0.2, 0.25) is 0 Å². The number of aliphatic hydroxyl groups is 1. The van der Waals surface area contributed by atoms with Gasteiger partial charge >= 0.3 is 6.09 Å². The van der Waals surface area contributed by atoms with Gasteiger partial charge in [-0.1, -0.05) is 31.5 Å². The first-order valence-corrected chi connectivity index (χ1v) is 11.2. The average Bonchev–Trinajstić information content (AvgIpc) is 2.72. The van der Waals surface area contributed by atoms with Gasteiger partial charge in [-0.15, -0.1) is 0 Å². The summed E-state index contributed by atoms with van der Waals surface area (Å²) in [6, 6.07) is 3.54. The third kappa shape index (κ3) is 8.23. The number of phenolic OH excluding ortho intramolecular Hbond substituents is 1. The van der Waals surface area contributed by atoms with Gasteiger partial charge in [-0.05, 0) is 46.6 Å². The Bertz CT molecular complexity index is 906. The number of phenols is 1. The van der Waals surface area contributed by atoms with Gasteiger partial charge in [-0.25, -0.2) is 4.79 Å². The van der Waals surface area contributed by atoms with E-state index in [-0.39, 0.29) is 17.4 Å². The van der Waals surface area contributed by atoms with Crippen LogP contribution in [0.25, 0.3) is 0 Å². The Morgan fingerprint density at radius 3 is 2.41 bits per heavy atom. The van der Waals surface area contributed by atoms with Crippen molar-refractivity contribution in [1.82, 2.24) is 15.5 Å². The Balaban J connectivity index is 3.43. The maximum absolute atomic E-state index is 13.4. The highest BCUT2D eigenvalue weighted by Crippen LogP contribution is 2.32. The first kappa shape index (κ1) is 28.7. The molecule has 0 spiro atoms. The van der Waals surface area contributed by atoms with Crippen LogP contribution in [0.1, 0.15) is 64.6 Å². The van der Waals surface area contributed by atoms with E-state index in [9.17, 15) is 29.9 Å². The summed E-state index contributed by atoms with van der Waals surface area (Å²) in [6.07, 6.45) is 0.562. The molecule has 3 amide bonds. The number of alkyl carbamates (subject to hydrolysis) is 1. The second kappa shape index (κ2) is 12.8. The number of amides is 3. The van der Waals surface area contributed by atoms with Crippen LogP contribution in [0.15, 0.2) is 18.2 Å². The van der Waals surface area contributed by atoms with E-state index in [1.165, 1.54) is 6.07 Å². The number of nitrogens with one attached hydrogen (secondary N) is 2. The molecule has 4 N–H and O–H groups in total. The van der Waals surface area contributed by atoms with Crippen LogP contribution in [0.3, 0.4) is 0 Å². The van der Waals surface area contributed by atoms with Gasteiger partial charge in [0.2, 0.25) is 11.8 Å². The fourth-order valence-electron chi connectivity index (χ4n) is 3.39. The molecular formula is C24H36N4O6. The predicted molar refractivity (Wildman–Crippen MR) is 126 cm³/mol. The highest BCUT2D eigenvalue weighted by atomic mass is 16.6. The Labute approximate surface area is 200 Å². The molecule has 1 aromatic rings. The molecule has 0 aliphatic rings. The van der Waals surface area contributed by atoms with Crippen LogP contribution in [0.5, 0.6) is 5.75 Å². The van der Waals surface area contributed by atoms with Gasteiger partial charge in [-0.2, -0.15) is 5.26 Å². The van der Waals surface area contributed by atoms with Crippen molar-refractivity contribution >= 4 is 17.9 Å². The molecule has 0 aromatic heterocycles. The second-order valence-corrected chi connectivity index (χ2v) is 9.12. The van der Waals surface area contributed by atoms with Crippen LogP contribution < -0.4 is 10.6 Å². The van der Waals surface area contributed by atoms with Crippen molar-refractivity contribution in [3.8, 4) is 11.8 Å². The van der Waals surface area contributed by atoms with Crippen molar-refractivity contribution in [3.63, 3.8) is 0 Å². The van der Waals surface area contributed by atoms with Gasteiger partial charge in [0.25, 0.3) is 0 Å². The third-order valence-electron chi connectivity index (χ3n) is 4.93. The van der Waals surface area contributed by atoms with Gasteiger partial charge < -0.3 is 30.5 Å². The first-order chi connectivity index (χ1) is 15.9. The SMILES string of the molecule is CCCC(C)NC(=O)C(c1cccc(C)c1O)N(CC#N)C(=O)C(CO)NC(=O)OC(C)(C)C. The topological polar surface area (TPSA) is 152 Å². The van der Waals surface area contributed by atoms with Crippen LogP contribution in [-0.4, -0.2) is 63.9 Å². The summed E-state index contributed by atoms with van der Waals surface area (Å²) in [5.41, 5.74) is -0.240. The molecule has 1 aromatic carbocycles. The van der Waals surface area contributed by atoms with E-state index < -0.39 is 48.7 Å². The maximum Gasteiger partial charge on any atom is 0.408 e. The summed E-state index contributed by atoms with van der Waals surface area (Å²) in [6.45, 7) is 9.02. The van der Waals surface area contributed by atoms with E-state index in [1.807, 2.05) is 19.9 Å². The molecule has 0 bridgehead atoms. The lowest BCUT2D eigenvalue weighted by molar-refractivity contribution is -0.142. The molecule has 1 rings (SSSR count). The Hall–Kier alpha value is -3.32. The molecule has 188 valence electrons. The summed E-state index contributed by atoms with van der Waals surface area (Å²) in [4.78, 5) is 39.8. The summed E-state index contributed by atoms with van der Waals surface area (Å²) in [5, 5.41) is 35.0. The molecule has 0 saturated heterocycles. The number of ether oxygens (including phenoxy) is 1. The normalized spacial score (nSPS) is 13.7. The number of aliphatic hydroxyl groups excluding tert-OH is 1. The van der Waals surface area contributed by atoms with E-state index in [0.29, 0.717) is 12.0 Å². The molecule has 0 aliphatic heterocycles. The summed E-state index contributed by atoms with van der Waals surface area (Å²) in [7, 11) is 0. The molecule has 0 saturated carbocycles. The molecule has 0 radical (unpaired) electrons. The fourth-order valence-corrected chi connectivity index (χ4v) is 3.39. The lowest BCUT2D eigenvalue weighted by atomic mass is 9.99. The second-order valence-electron chi connectivity index (χ2n) is 9.12. The highest BCUT2D eigenvalue weighted by molar-refractivity contribution is 5.93. The number of carbonyl (C=O) groups excluding carboxylic acids is 3. The van der Waals surface area contributed by atoms with E-state index >= 15 is 0 Å². The number of nitrogens with zero attached hydrogens (tertiary/aromatic N) is 2. The minimum Gasteiger partial charge on any atom is -0.507 e. The molecule has 3 atom stereocenters. The smallest absolute Gasteiger partial charge is 0.408 e. The van der Waals surface area contributed by atoms with E-state index in [2.05, 4.69) is 10.6 Å². The Morgan fingerprint density at radius 2 is 1.88 bits per heavy atom. The van der Waals surface area contributed by atoms with Gasteiger partial charge in [0.1, 0.15) is 30.0 Å². The Kier molecular flexibility index (Phi) is 10.8. The van der Waals surface area contributed by atoms with Crippen LogP contribution in [0, 0.1) is 18.3 Å². The molecule has 0 fully saturated rings. The standard InChI is InChI=1S/C24H36N4O6/c1-7-9-16(3)26-21(31)19(17-11-8-10-15(2)20(17)30)28(13-12-25)22(32)18(14-29)27-23(33)34-24(4,5)6/h8,10-11,16,18-19,29-30H,7,9,13-14H2,1-6H3,(H,26,31)(H,27,33). The number of nitriles is 1. The first-order valence-electron chi connectivity index (χ1n) is 11.2. The third-order valence-corrected chi connectivity index (χ3v) is 4.93. The van der Waals surface area contributed by atoms with Crippen LogP contribution in [-0.2, 0) is 14.3 Å². The lowest BCUT2D eigenvalue weighted by Gasteiger charge is -2.33. The molecule has 10 nitrogen and oxygen atoms in total. The number of aryl methyl sites for hydroxylation is 1. The number of carbonyl (C=O) groups is 3. The summed E-state index contributed by atoms with van der Waals surface area (Å²) in [5.74, 6) is -1.67. The number of para-hydroxylation sites is 1. The minimum absolute atomic E-state index is 0.124. The van der Waals surface area contributed by atoms with Crippen molar-refractivity contribution in [2.24, 2.45) is 0 Å². The predicted octanol–water partition coefficient (Wildman–Crippen LogP) is 2.28. The number of aromatic hydroxyl groups is 1. The lowest BCUT2D eigenvalue weighted by Crippen LogP contribution is -2.55. The zero-order chi connectivity index (χ0) is 26.1. The fraction of sp³-hybridized carbons (Fsp3) is 0.583. The summed E-state index contributed by atoms with van der Waals surface area (Å²) >= 11 is 0. The maximum atomic E-state index is 13.4. The van der Waals surface area contributed by atoms with Crippen molar-refractivity contribution < 1.29 is 29.3 Å². The Morgan fingerprint density at radius 1 is 1.24 bits per heavy atom. The van der Waals surface area contributed by atoms with Gasteiger partial charge in [-0.3, -0.25) is 9.59 Å². The van der Waals surface area contributed by atoms with Crippen molar-refractivity contribution in [1.29, 1.82) is 5.26 Å². The van der Waals surface area contributed by atoms with Gasteiger partial charge in [0.05, 0.1) is 12.7 Å². The molecule has 10 heteroatoms. The van der Waals surface area contributed by atoms with Gasteiger partial charge in [0.15, 0.2) is 0 Å². The minimum atomic E-state index is -1.47. The van der Waals surface area contributed by atoms with E-state index in [0.717, 1.165) is 11.3 Å². The van der Waals surface area contributed by atoms with Crippen LogP contribution >= 0.6 is 0 Å². The average molecular weight is 477 g/mol. The van der Waals surface area contributed by atoms with E-state index in [4.69, 9.17) is 4.74 Å². The summed E-state index contributed by atoms with van der Waals surface area (Å²) < 4.78 is 5.15. The van der Waals surface area contributed by atoms with E-state index in [1.54, 1.807) is 39.8 Å². The molecule has 0 heterocycles. The van der Waals surface area contributed by atoms with Crippen LogP contribution in [0.4, 0.5) is 4.79 Å². The monoisotopic (exact) mass is 476 g/mol. The zero-order valence-electron chi connectivity index (χ0n) is 20.7. The number of benzene rings is 1. The highest BCUT2D eigenvalue weighted by Gasteiger charge is 2.37. The number of hydrogen-bond acceptors (Lipinski definition) is 7.